The number of hydrogen-bond donors (Lipinski definition) is 1. The van der Waals surface area contributed by atoms with Gasteiger partial charge in [0, 0.05) is 16.8 Å². The molecule has 0 amide bonds. The Balaban J connectivity index is 1.75. The van der Waals surface area contributed by atoms with E-state index in [4.69, 9.17) is 0 Å². The van der Waals surface area contributed by atoms with Crippen LogP contribution in [0.4, 0.5) is 11.4 Å². The van der Waals surface area contributed by atoms with E-state index in [0.29, 0.717) is 0 Å². The summed E-state index contributed by atoms with van der Waals surface area (Å²) in [6.07, 6.45) is 0. The van der Waals surface area contributed by atoms with Crippen LogP contribution in [0.1, 0.15) is 51.3 Å². The Morgan fingerprint density at radius 2 is 1.38 bits per heavy atom. The molecule has 1 aliphatic rings. The molecule has 132 valence electrons. The Labute approximate surface area is 157 Å². The third-order valence-corrected chi connectivity index (χ3v) is 5.61. The van der Waals surface area contributed by atoms with E-state index in [1.54, 1.807) is 0 Å². The molecule has 0 atom stereocenters. The molecule has 0 fully saturated rings. The first kappa shape index (κ1) is 16.9. The fraction of sp³-hybridized carbons (Fsp3) is 0.280. The second-order valence-corrected chi connectivity index (χ2v) is 8.85. The molecular weight excluding hydrogens is 314 g/mol. The van der Waals surface area contributed by atoms with E-state index in [2.05, 4.69) is 107 Å². The molecule has 0 unspecified atom stereocenters. The van der Waals surface area contributed by atoms with Crippen LogP contribution in [0.3, 0.4) is 0 Å². The number of anilines is 2. The van der Waals surface area contributed by atoms with Crippen LogP contribution in [0.2, 0.25) is 0 Å². The lowest BCUT2D eigenvalue weighted by Gasteiger charge is -2.25. The van der Waals surface area contributed by atoms with Gasteiger partial charge in [-0.05, 0) is 51.4 Å². The largest absolute Gasteiger partial charge is 0.355 e. The summed E-state index contributed by atoms with van der Waals surface area (Å²) in [6, 6.07) is 24.2. The Morgan fingerprint density at radius 3 is 2.08 bits per heavy atom. The van der Waals surface area contributed by atoms with Gasteiger partial charge in [-0.25, -0.2) is 0 Å². The third kappa shape index (κ3) is 2.63. The quantitative estimate of drug-likeness (QED) is 0.527. The Morgan fingerprint density at radius 1 is 0.731 bits per heavy atom. The van der Waals surface area contributed by atoms with Gasteiger partial charge in [-0.3, -0.25) is 0 Å². The van der Waals surface area contributed by atoms with Crippen LogP contribution in [0.15, 0.2) is 66.7 Å². The standard InChI is InChI=1S/C25H27N/c1-24(2,3)17-13-15-18(16-14-17)26-22-12-8-10-20-19-9-6-7-11-21(19)25(4,5)23(20)22/h6-16,26H,1-5H3. The highest BCUT2D eigenvalue weighted by Crippen LogP contribution is 2.51. The molecule has 0 aliphatic heterocycles. The van der Waals surface area contributed by atoms with Crippen molar-refractivity contribution >= 4 is 11.4 Å². The van der Waals surface area contributed by atoms with Gasteiger partial charge in [0.2, 0.25) is 0 Å². The van der Waals surface area contributed by atoms with Crippen LogP contribution < -0.4 is 5.32 Å². The number of fused-ring (bicyclic) bond motifs is 3. The molecule has 0 radical (unpaired) electrons. The third-order valence-electron chi connectivity index (χ3n) is 5.61. The second-order valence-electron chi connectivity index (χ2n) is 8.85. The van der Waals surface area contributed by atoms with Crippen molar-refractivity contribution in [2.45, 2.75) is 45.4 Å². The van der Waals surface area contributed by atoms with Crippen LogP contribution in [0.25, 0.3) is 11.1 Å². The molecule has 26 heavy (non-hydrogen) atoms. The molecular formula is C25H27N. The monoisotopic (exact) mass is 341 g/mol. The molecule has 1 nitrogen and oxygen atoms in total. The average molecular weight is 341 g/mol. The van der Waals surface area contributed by atoms with Crippen LogP contribution >= 0.6 is 0 Å². The van der Waals surface area contributed by atoms with Crippen molar-refractivity contribution in [2.24, 2.45) is 0 Å². The summed E-state index contributed by atoms with van der Waals surface area (Å²) >= 11 is 0. The lowest BCUT2D eigenvalue weighted by atomic mass is 9.81. The van der Waals surface area contributed by atoms with E-state index in [1.165, 1.54) is 33.5 Å². The predicted octanol–water partition coefficient (Wildman–Crippen LogP) is 7.03. The van der Waals surface area contributed by atoms with Crippen molar-refractivity contribution in [1.29, 1.82) is 0 Å². The van der Waals surface area contributed by atoms with Gasteiger partial charge in [-0.15, -0.1) is 0 Å². The highest BCUT2D eigenvalue weighted by Gasteiger charge is 2.37. The minimum atomic E-state index is 0.000863. The SMILES string of the molecule is CC(C)(C)c1ccc(Nc2cccc3c2C(C)(C)c2ccccc2-3)cc1. The molecule has 0 bridgehead atoms. The zero-order chi connectivity index (χ0) is 18.5. The summed E-state index contributed by atoms with van der Waals surface area (Å²) in [5.41, 5.74) is 9.38. The minimum Gasteiger partial charge on any atom is -0.355 e. The molecule has 1 aliphatic carbocycles. The zero-order valence-electron chi connectivity index (χ0n) is 16.4. The first-order valence-electron chi connectivity index (χ1n) is 9.39. The highest BCUT2D eigenvalue weighted by molar-refractivity contribution is 5.86. The first-order valence-corrected chi connectivity index (χ1v) is 9.39. The number of benzene rings is 3. The zero-order valence-corrected chi connectivity index (χ0v) is 16.4. The van der Waals surface area contributed by atoms with Gasteiger partial charge in [0.15, 0.2) is 0 Å². The van der Waals surface area contributed by atoms with Crippen molar-refractivity contribution in [3.05, 3.63) is 83.4 Å². The summed E-state index contributed by atoms with van der Waals surface area (Å²) in [6.45, 7) is 11.4. The van der Waals surface area contributed by atoms with Gasteiger partial charge in [0.25, 0.3) is 0 Å². The lowest BCUT2D eigenvalue weighted by Crippen LogP contribution is -2.16. The van der Waals surface area contributed by atoms with E-state index >= 15 is 0 Å². The molecule has 0 saturated heterocycles. The van der Waals surface area contributed by atoms with Crippen LogP contribution in [-0.2, 0) is 10.8 Å². The summed E-state index contributed by atoms with van der Waals surface area (Å²) in [5, 5.41) is 3.67. The number of hydrogen-bond acceptors (Lipinski definition) is 1. The summed E-state index contributed by atoms with van der Waals surface area (Å²) in [7, 11) is 0. The smallest absolute Gasteiger partial charge is 0.0431 e. The topological polar surface area (TPSA) is 12.0 Å². The van der Waals surface area contributed by atoms with E-state index in [0.717, 1.165) is 5.69 Å². The summed E-state index contributed by atoms with van der Waals surface area (Å²) in [4.78, 5) is 0. The van der Waals surface area contributed by atoms with Crippen LogP contribution in [0.5, 0.6) is 0 Å². The molecule has 0 aromatic heterocycles. The average Bonchev–Trinajstić information content (AvgIpc) is 2.84. The Bertz CT molecular complexity index is 956. The van der Waals surface area contributed by atoms with Gasteiger partial charge in [0.1, 0.15) is 0 Å². The van der Waals surface area contributed by atoms with E-state index in [9.17, 15) is 0 Å². The molecule has 0 spiro atoms. The first-order chi connectivity index (χ1) is 12.3. The Kier molecular flexibility index (Phi) is 3.73. The molecule has 4 rings (SSSR count). The van der Waals surface area contributed by atoms with E-state index in [1.807, 2.05) is 0 Å². The maximum atomic E-state index is 3.67. The van der Waals surface area contributed by atoms with Crippen LogP contribution in [0, 0.1) is 0 Å². The normalized spacial score (nSPS) is 14.7. The van der Waals surface area contributed by atoms with Crippen molar-refractivity contribution < 1.29 is 0 Å². The van der Waals surface area contributed by atoms with Crippen LogP contribution in [-0.4, -0.2) is 0 Å². The van der Waals surface area contributed by atoms with Gasteiger partial charge >= 0.3 is 0 Å². The van der Waals surface area contributed by atoms with Crippen molar-refractivity contribution in [1.82, 2.24) is 0 Å². The van der Waals surface area contributed by atoms with Crippen molar-refractivity contribution in [3.63, 3.8) is 0 Å². The number of nitrogens with one attached hydrogen (secondary N) is 1. The fourth-order valence-electron chi connectivity index (χ4n) is 4.16. The van der Waals surface area contributed by atoms with Crippen molar-refractivity contribution in [3.8, 4) is 11.1 Å². The molecule has 0 saturated carbocycles. The predicted molar refractivity (Wildman–Crippen MR) is 112 cm³/mol. The number of rotatable bonds is 2. The fourth-order valence-corrected chi connectivity index (χ4v) is 4.16. The van der Waals surface area contributed by atoms with E-state index < -0.39 is 0 Å². The summed E-state index contributed by atoms with van der Waals surface area (Å²) < 4.78 is 0. The maximum Gasteiger partial charge on any atom is 0.0431 e. The highest BCUT2D eigenvalue weighted by atomic mass is 14.9. The van der Waals surface area contributed by atoms with Gasteiger partial charge in [-0.1, -0.05) is 83.1 Å². The molecule has 0 heterocycles. The van der Waals surface area contributed by atoms with Gasteiger partial charge in [0.05, 0.1) is 0 Å². The summed E-state index contributed by atoms with van der Waals surface area (Å²) in [5.74, 6) is 0. The van der Waals surface area contributed by atoms with Gasteiger partial charge in [-0.2, -0.15) is 0 Å². The molecule has 1 N–H and O–H groups in total. The second kappa shape index (κ2) is 5.74. The molecule has 1 heteroatoms. The minimum absolute atomic E-state index is 0.000863. The van der Waals surface area contributed by atoms with Crippen molar-refractivity contribution in [2.75, 3.05) is 5.32 Å². The van der Waals surface area contributed by atoms with E-state index in [-0.39, 0.29) is 10.8 Å². The Hall–Kier alpha value is -2.54. The maximum absolute atomic E-state index is 3.67. The molecule has 3 aromatic rings. The molecule has 3 aromatic carbocycles. The van der Waals surface area contributed by atoms with Gasteiger partial charge < -0.3 is 5.32 Å². The lowest BCUT2D eigenvalue weighted by molar-refractivity contribution is 0.590.